The third kappa shape index (κ3) is 4.96. The van der Waals surface area contributed by atoms with Crippen molar-refractivity contribution in [3.8, 4) is 5.82 Å². The third-order valence-corrected chi connectivity index (χ3v) is 4.93. The Labute approximate surface area is 180 Å². The average molecular weight is 419 g/mol. The third-order valence-electron chi connectivity index (χ3n) is 4.93. The lowest BCUT2D eigenvalue weighted by atomic mass is 9.96. The monoisotopic (exact) mass is 418 g/mol. The number of aryl methyl sites for hydroxylation is 1. The molecule has 0 aliphatic heterocycles. The topological polar surface area (TPSA) is 98.7 Å². The summed E-state index contributed by atoms with van der Waals surface area (Å²) < 4.78 is 7.21. The Morgan fingerprint density at radius 1 is 1.13 bits per heavy atom. The van der Waals surface area contributed by atoms with Gasteiger partial charge in [-0.05, 0) is 30.2 Å². The van der Waals surface area contributed by atoms with Gasteiger partial charge in [-0.3, -0.25) is 9.36 Å². The van der Waals surface area contributed by atoms with Crippen LogP contribution in [0, 0.1) is 0 Å². The van der Waals surface area contributed by atoms with Crippen LogP contribution in [0.4, 0.5) is 0 Å². The second kappa shape index (κ2) is 8.67. The van der Waals surface area contributed by atoms with Gasteiger partial charge in [-0.1, -0.05) is 44.1 Å². The van der Waals surface area contributed by atoms with Crippen molar-refractivity contribution in [2.75, 3.05) is 0 Å². The Bertz CT molecular complexity index is 1170. The molecule has 4 aromatic rings. The summed E-state index contributed by atoms with van der Waals surface area (Å²) in [6.07, 6.45) is 5.19. The number of amides is 1. The highest BCUT2D eigenvalue weighted by Gasteiger charge is 2.20. The van der Waals surface area contributed by atoms with E-state index in [0.717, 1.165) is 22.4 Å². The molecule has 0 unspecified atom stereocenters. The number of imidazole rings is 1. The molecule has 31 heavy (non-hydrogen) atoms. The van der Waals surface area contributed by atoms with Gasteiger partial charge >= 0.3 is 0 Å². The Balaban J connectivity index is 1.25. The summed E-state index contributed by atoms with van der Waals surface area (Å²) in [5.74, 6) is 2.04. The minimum absolute atomic E-state index is 0.0137. The summed E-state index contributed by atoms with van der Waals surface area (Å²) in [4.78, 5) is 25.5. The molecule has 1 amide bonds. The van der Waals surface area contributed by atoms with Crippen LogP contribution in [0.15, 0.2) is 53.4 Å². The first-order chi connectivity index (χ1) is 14.9. The maximum absolute atomic E-state index is 12.2. The van der Waals surface area contributed by atoms with Crippen LogP contribution in [0.5, 0.6) is 0 Å². The van der Waals surface area contributed by atoms with Crippen LogP contribution < -0.4 is 5.32 Å². The second-order valence-corrected chi connectivity index (χ2v) is 8.52. The molecule has 160 valence electrons. The summed E-state index contributed by atoms with van der Waals surface area (Å²) in [7, 11) is 0. The molecule has 0 aliphatic carbocycles. The molecule has 0 fully saturated rings. The number of nitrogens with zero attached hydrogens (tertiary/aromatic N) is 5. The minimum atomic E-state index is -0.145. The molecule has 0 spiro atoms. The number of carbonyl (C=O) groups is 1. The van der Waals surface area contributed by atoms with E-state index in [2.05, 4.69) is 25.4 Å². The van der Waals surface area contributed by atoms with Gasteiger partial charge in [0.25, 0.3) is 0 Å². The first kappa shape index (κ1) is 20.7. The standard InChI is InChI=1S/C23H26N6O2/c1-23(2,3)22-27-21(31-28-22)10-6-9-20(30)25-14-16-11-12-19(24-13-16)29-15-26-17-7-4-5-8-18(17)29/h4-5,7-8,11-13,15H,6,9-10,14H2,1-3H3,(H,25,30). The molecule has 3 heterocycles. The van der Waals surface area contributed by atoms with E-state index in [1.54, 1.807) is 12.5 Å². The number of para-hydroxylation sites is 2. The molecule has 0 aliphatic rings. The fourth-order valence-corrected chi connectivity index (χ4v) is 3.16. The van der Waals surface area contributed by atoms with Crippen LogP contribution in [-0.2, 0) is 23.2 Å². The summed E-state index contributed by atoms with van der Waals surface area (Å²) in [5.41, 5.74) is 2.73. The molecule has 1 N–H and O–H groups in total. The van der Waals surface area contributed by atoms with Crippen molar-refractivity contribution in [3.05, 3.63) is 66.2 Å². The number of aromatic nitrogens is 5. The van der Waals surface area contributed by atoms with Crippen molar-refractivity contribution < 1.29 is 9.32 Å². The van der Waals surface area contributed by atoms with Crippen LogP contribution >= 0.6 is 0 Å². The van der Waals surface area contributed by atoms with E-state index in [9.17, 15) is 4.79 Å². The predicted octanol–water partition coefficient (Wildman–Crippen LogP) is 3.74. The van der Waals surface area contributed by atoms with E-state index in [-0.39, 0.29) is 11.3 Å². The number of benzene rings is 1. The molecule has 8 nitrogen and oxygen atoms in total. The number of hydrogen-bond acceptors (Lipinski definition) is 6. The molecule has 0 radical (unpaired) electrons. The zero-order valence-electron chi connectivity index (χ0n) is 18.0. The van der Waals surface area contributed by atoms with Crippen LogP contribution in [-0.4, -0.2) is 30.6 Å². The highest BCUT2D eigenvalue weighted by molar-refractivity contribution is 5.77. The smallest absolute Gasteiger partial charge is 0.226 e. The van der Waals surface area contributed by atoms with Crippen molar-refractivity contribution in [2.45, 2.75) is 52.0 Å². The van der Waals surface area contributed by atoms with Crippen LogP contribution in [0.2, 0.25) is 0 Å². The van der Waals surface area contributed by atoms with E-state index < -0.39 is 0 Å². The minimum Gasteiger partial charge on any atom is -0.352 e. The van der Waals surface area contributed by atoms with Crippen LogP contribution in [0.25, 0.3) is 16.9 Å². The molecule has 0 saturated carbocycles. The molecule has 1 aromatic carbocycles. The van der Waals surface area contributed by atoms with E-state index in [1.807, 2.05) is 61.7 Å². The van der Waals surface area contributed by atoms with Gasteiger partial charge in [0.1, 0.15) is 12.1 Å². The molecular weight excluding hydrogens is 392 g/mol. The van der Waals surface area contributed by atoms with Gasteiger partial charge in [0, 0.05) is 31.0 Å². The second-order valence-electron chi connectivity index (χ2n) is 8.52. The quantitative estimate of drug-likeness (QED) is 0.491. The largest absolute Gasteiger partial charge is 0.352 e. The number of nitrogens with one attached hydrogen (secondary N) is 1. The lowest BCUT2D eigenvalue weighted by Crippen LogP contribution is -2.22. The molecule has 0 atom stereocenters. The van der Waals surface area contributed by atoms with Crippen molar-refractivity contribution in [1.82, 2.24) is 30.0 Å². The van der Waals surface area contributed by atoms with Crippen molar-refractivity contribution in [3.63, 3.8) is 0 Å². The van der Waals surface area contributed by atoms with E-state index >= 15 is 0 Å². The predicted molar refractivity (Wildman–Crippen MR) is 117 cm³/mol. The normalized spacial score (nSPS) is 11.7. The number of pyridine rings is 1. The average Bonchev–Trinajstić information content (AvgIpc) is 3.40. The van der Waals surface area contributed by atoms with Crippen LogP contribution in [0.3, 0.4) is 0 Å². The van der Waals surface area contributed by atoms with Gasteiger partial charge in [-0.15, -0.1) is 0 Å². The Kier molecular flexibility index (Phi) is 5.79. The summed E-state index contributed by atoms with van der Waals surface area (Å²) in [5, 5.41) is 6.94. The fraction of sp³-hybridized carbons (Fsp3) is 0.348. The highest BCUT2D eigenvalue weighted by Crippen LogP contribution is 2.19. The molecule has 0 saturated heterocycles. The zero-order valence-corrected chi connectivity index (χ0v) is 18.0. The molecule has 0 bridgehead atoms. The van der Waals surface area contributed by atoms with Crippen LogP contribution in [0.1, 0.15) is 50.9 Å². The van der Waals surface area contributed by atoms with E-state index in [4.69, 9.17) is 4.52 Å². The van der Waals surface area contributed by atoms with E-state index in [1.165, 1.54) is 0 Å². The van der Waals surface area contributed by atoms with Gasteiger partial charge in [-0.2, -0.15) is 4.98 Å². The van der Waals surface area contributed by atoms with Gasteiger partial charge in [0.05, 0.1) is 11.0 Å². The lowest BCUT2D eigenvalue weighted by molar-refractivity contribution is -0.121. The van der Waals surface area contributed by atoms with E-state index in [0.29, 0.717) is 37.5 Å². The summed E-state index contributed by atoms with van der Waals surface area (Å²) >= 11 is 0. The number of rotatable bonds is 7. The number of carbonyl (C=O) groups excluding carboxylic acids is 1. The lowest BCUT2D eigenvalue weighted by Gasteiger charge is -2.10. The van der Waals surface area contributed by atoms with Gasteiger partial charge in [-0.25, -0.2) is 9.97 Å². The molecule has 3 aromatic heterocycles. The van der Waals surface area contributed by atoms with Gasteiger partial charge in [0.2, 0.25) is 11.8 Å². The Morgan fingerprint density at radius 3 is 2.71 bits per heavy atom. The first-order valence-electron chi connectivity index (χ1n) is 10.4. The Hall–Kier alpha value is -3.55. The highest BCUT2D eigenvalue weighted by atomic mass is 16.5. The van der Waals surface area contributed by atoms with Crippen molar-refractivity contribution in [2.24, 2.45) is 0 Å². The Morgan fingerprint density at radius 2 is 1.97 bits per heavy atom. The fourth-order valence-electron chi connectivity index (χ4n) is 3.16. The molecular formula is C23H26N6O2. The van der Waals surface area contributed by atoms with Gasteiger partial charge in [0.15, 0.2) is 5.82 Å². The number of fused-ring (bicyclic) bond motifs is 1. The molecule has 4 rings (SSSR count). The van der Waals surface area contributed by atoms with Gasteiger partial charge < -0.3 is 9.84 Å². The summed E-state index contributed by atoms with van der Waals surface area (Å²) in [6, 6.07) is 11.8. The maximum atomic E-state index is 12.2. The number of hydrogen-bond donors (Lipinski definition) is 1. The zero-order chi connectivity index (χ0) is 21.8. The molecule has 8 heteroatoms. The SMILES string of the molecule is CC(C)(C)c1noc(CCCC(=O)NCc2ccc(-n3cnc4ccccc43)nc2)n1. The first-order valence-corrected chi connectivity index (χ1v) is 10.4. The van der Waals surface area contributed by atoms with Crippen molar-refractivity contribution in [1.29, 1.82) is 0 Å². The van der Waals surface area contributed by atoms with Crippen molar-refractivity contribution >= 4 is 16.9 Å². The maximum Gasteiger partial charge on any atom is 0.226 e. The summed E-state index contributed by atoms with van der Waals surface area (Å²) in [6.45, 7) is 6.54.